The Morgan fingerprint density at radius 2 is 1.73 bits per heavy atom. The van der Waals surface area contributed by atoms with Gasteiger partial charge in [-0.2, -0.15) is 0 Å². The van der Waals surface area contributed by atoms with E-state index in [1.54, 1.807) is 13.3 Å². The van der Waals surface area contributed by atoms with Gasteiger partial charge < -0.3 is 19.5 Å². The molecule has 192 valence electrons. The summed E-state index contributed by atoms with van der Waals surface area (Å²) >= 11 is 0. The molecule has 1 aliphatic heterocycles. The average Bonchev–Trinajstić information content (AvgIpc) is 3.46. The molecule has 8 heteroatoms. The number of nitrogens with zero attached hydrogens (tertiary/aromatic N) is 3. The third-order valence-electron chi connectivity index (χ3n) is 6.15. The molecule has 0 spiro atoms. The second-order valence-corrected chi connectivity index (χ2v) is 8.79. The van der Waals surface area contributed by atoms with Crippen LogP contribution >= 0.6 is 0 Å². The molecule has 3 aromatic rings. The molecule has 1 aliphatic rings. The first-order chi connectivity index (χ1) is 18.0. The number of ether oxygens (including phenoxy) is 1. The van der Waals surface area contributed by atoms with Crippen LogP contribution in [0.5, 0.6) is 5.75 Å². The number of aryl methyl sites for hydroxylation is 1. The first-order valence-electron chi connectivity index (χ1n) is 12.2. The predicted molar refractivity (Wildman–Crippen MR) is 141 cm³/mol. The zero-order chi connectivity index (χ0) is 26.0. The van der Waals surface area contributed by atoms with Crippen LogP contribution in [-0.4, -0.2) is 34.8 Å². The van der Waals surface area contributed by atoms with E-state index in [4.69, 9.17) is 14.4 Å². The maximum atomic E-state index is 11.9. The molecule has 0 saturated heterocycles. The summed E-state index contributed by atoms with van der Waals surface area (Å²) in [6, 6.07) is 25.3. The summed E-state index contributed by atoms with van der Waals surface area (Å²) in [5.74, 6) is -1.10. The van der Waals surface area contributed by atoms with Crippen molar-refractivity contribution < 1.29 is 24.3 Å². The SMILES string of the molecule is CCc1ccc(C(Oc2ccc(CC(C(=O)O)/C(C)=N/OCc3ccccc3)cc2)N2C=NOC2)cc1. The lowest BCUT2D eigenvalue weighted by Crippen LogP contribution is -2.29. The smallest absolute Gasteiger partial charge is 0.312 e. The molecule has 0 bridgehead atoms. The van der Waals surface area contributed by atoms with E-state index in [1.807, 2.05) is 71.6 Å². The van der Waals surface area contributed by atoms with Gasteiger partial charge in [-0.1, -0.05) is 84.0 Å². The molecule has 3 aromatic carbocycles. The van der Waals surface area contributed by atoms with Crippen LogP contribution in [0.1, 0.15) is 42.3 Å². The van der Waals surface area contributed by atoms with E-state index in [2.05, 4.69) is 29.4 Å². The van der Waals surface area contributed by atoms with Crippen LogP contribution < -0.4 is 4.74 Å². The Bertz CT molecular complexity index is 1210. The van der Waals surface area contributed by atoms with E-state index in [1.165, 1.54) is 5.56 Å². The molecule has 37 heavy (non-hydrogen) atoms. The van der Waals surface area contributed by atoms with Crippen LogP contribution in [0.4, 0.5) is 0 Å². The van der Waals surface area contributed by atoms with Gasteiger partial charge in [-0.25, -0.2) is 0 Å². The zero-order valence-electron chi connectivity index (χ0n) is 21.0. The van der Waals surface area contributed by atoms with Crippen molar-refractivity contribution in [2.45, 2.75) is 39.5 Å². The van der Waals surface area contributed by atoms with E-state index >= 15 is 0 Å². The Labute approximate surface area is 216 Å². The lowest BCUT2D eigenvalue weighted by molar-refractivity contribution is -0.139. The summed E-state index contributed by atoms with van der Waals surface area (Å²) in [5, 5.41) is 17.7. The molecule has 0 aromatic heterocycles. The molecule has 1 heterocycles. The molecule has 2 unspecified atom stereocenters. The minimum absolute atomic E-state index is 0.283. The number of carboxylic acid groups (broad SMARTS) is 1. The highest BCUT2D eigenvalue weighted by Crippen LogP contribution is 2.27. The van der Waals surface area contributed by atoms with Crippen LogP contribution in [0, 0.1) is 5.92 Å². The molecular formula is C29H31N3O5. The van der Waals surface area contributed by atoms with Crippen LogP contribution in [0.25, 0.3) is 0 Å². The number of oxime groups is 2. The molecule has 2 atom stereocenters. The third kappa shape index (κ3) is 7.10. The number of hydrogen-bond acceptors (Lipinski definition) is 7. The van der Waals surface area contributed by atoms with Gasteiger partial charge in [0, 0.05) is 5.56 Å². The standard InChI is InChI=1S/C29H31N3O5/c1-3-22-9-13-25(14-10-22)28(32-19-30-36-20-32)37-26-15-11-23(12-16-26)17-27(29(33)34)21(2)31-35-18-24-7-5-4-6-8-24/h4-16,19,27-28H,3,17-18,20H2,1-2H3,(H,33,34)/b31-21+. The topological polar surface area (TPSA) is 93.0 Å². The quantitative estimate of drug-likeness (QED) is 0.264. The van der Waals surface area contributed by atoms with E-state index < -0.39 is 18.1 Å². The fraction of sp³-hybridized carbons (Fsp3) is 0.276. The lowest BCUT2D eigenvalue weighted by Gasteiger charge is -2.26. The van der Waals surface area contributed by atoms with Crippen molar-refractivity contribution >= 4 is 18.0 Å². The Kier molecular flexibility index (Phi) is 8.75. The Balaban J connectivity index is 1.41. The summed E-state index contributed by atoms with van der Waals surface area (Å²) in [5.41, 5.74) is 4.45. The second-order valence-electron chi connectivity index (χ2n) is 8.79. The molecule has 0 saturated carbocycles. The fourth-order valence-corrected chi connectivity index (χ4v) is 3.93. The average molecular weight is 502 g/mol. The van der Waals surface area contributed by atoms with E-state index in [0.717, 1.165) is 23.1 Å². The largest absolute Gasteiger partial charge is 0.481 e. The predicted octanol–water partition coefficient (Wildman–Crippen LogP) is 5.40. The third-order valence-corrected chi connectivity index (χ3v) is 6.15. The van der Waals surface area contributed by atoms with Gasteiger partial charge in [0.1, 0.15) is 24.6 Å². The molecule has 0 amide bonds. The van der Waals surface area contributed by atoms with Crippen molar-refractivity contribution in [2.75, 3.05) is 6.73 Å². The molecular weight excluding hydrogens is 470 g/mol. The number of benzene rings is 3. The van der Waals surface area contributed by atoms with Gasteiger partial charge in [-0.3, -0.25) is 9.69 Å². The number of carbonyl (C=O) groups is 1. The molecule has 0 radical (unpaired) electrons. The van der Waals surface area contributed by atoms with Gasteiger partial charge >= 0.3 is 5.97 Å². The van der Waals surface area contributed by atoms with E-state index in [9.17, 15) is 9.90 Å². The molecule has 8 nitrogen and oxygen atoms in total. The first kappa shape index (κ1) is 25.8. The molecule has 1 N–H and O–H groups in total. The summed E-state index contributed by atoms with van der Waals surface area (Å²) < 4.78 is 6.30. The summed E-state index contributed by atoms with van der Waals surface area (Å²) in [7, 11) is 0. The first-order valence-corrected chi connectivity index (χ1v) is 12.2. The van der Waals surface area contributed by atoms with Gasteiger partial charge in [0.05, 0.1) is 5.71 Å². The number of hydrogen-bond donors (Lipinski definition) is 1. The molecule has 0 aliphatic carbocycles. The summed E-state index contributed by atoms with van der Waals surface area (Å²) in [4.78, 5) is 24.4. The van der Waals surface area contributed by atoms with Gasteiger partial charge in [0.2, 0.25) is 6.23 Å². The van der Waals surface area contributed by atoms with Crippen molar-refractivity contribution in [1.82, 2.24) is 4.90 Å². The Morgan fingerprint density at radius 1 is 1.03 bits per heavy atom. The highest BCUT2D eigenvalue weighted by Gasteiger charge is 2.25. The van der Waals surface area contributed by atoms with Gasteiger partial charge in [0.25, 0.3) is 0 Å². The number of rotatable bonds is 12. The lowest BCUT2D eigenvalue weighted by atomic mass is 9.95. The number of aliphatic carboxylic acids is 1. The monoisotopic (exact) mass is 501 g/mol. The van der Waals surface area contributed by atoms with Crippen molar-refractivity contribution in [3.63, 3.8) is 0 Å². The summed E-state index contributed by atoms with van der Waals surface area (Å²) in [6.45, 7) is 4.37. The summed E-state index contributed by atoms with van der Waals surface area (Å²) in [6.07, 6.45) is 2.45. The fourth-order valence-electron chi connectivity index (χ4n) is 3.93. The highest BCUT2D eigenvalue weighted by atomic mass is 16.7. The maximum Gasteiger partial charge on any atom is 0.312 e. The Hall–Kier alpha value is -4.33. The second kappa shape index (κ2) is 12.6. The van der Waals surface area contributed by atoms with Crippen LogP contribution in [-0.2, 0) is 33.9 Å². The molecule has 0 fully saturated rings. The van der Waals surface area contributed by atoms with Gasteiger partial charge in [-0.05, 0) is 48.6 Å². The van der Waals surface area contributed by atoms with Crippen LogP contribution in [0.15, 0.2) is 89.2 Å². The van der Waals surface area contributed by atoms with E-state index in [-0.39, 0.29) is 13.0 Å². The van der Waals surface area contributed by atoms with Gasteiger partial charge in [0.15, 0.2) is 6.73 Å². The van der Waals surface area contributed by atoms with E-state index in [0.29, 0.717) is 18.2 Å². The Morgan fingerprint density at radius 3 is 2.35 bits per heavy atom. The van der Waals surface area contributed by atoms with Crippen molar-refractivity contribution in [2.24, 2.45) is 16.2 Å². The maximum absolute atomic E-state index is 11.9. The van der Waals surface area contributed by atoms with Crippen molar-refractivity contribution in [3.05, 3.63) is 101 Å². The molecule has 4 rings (SSSR count). The zero-order valence-corrected chi connectivity index (χ0v) is 21.0. The van der Waals surface area contributed by atoms with Crippen LogP contribution in [0.3, 0.4) is 0 Å². The normalized spacial score (nSPS) is 14.6. The minimum Gasteiger partial charge on any atom is -0.481 e. The number of carboxylic acids is 1. The van der Waals surface area contributed by atoms with Crippen molar-refractivity contribution in [3.8, 4) is 5.75 Å². The highest BCUT2D eigenvalue weighted by molar-refractivity contribution is 6.00. The van der Waals surface area contributed by atoms with Gasteiger partial charge in [-0.15, -0.1) is 0 Å². The van der Waals surface area contributed by atoms with Crippen LogP contribution in [0.2, 0.25) is 0 Å². The van der Waals surface area contributed by atoms with Crippen molar-refractivity contribution in [1.29, 1.82) is 0 Å². The minimum atomic E-state index is -0.950.